The first-order valence-corrected chi connectivity index (χ1v) is 12.7. The SMILES string of the molecule is CC(C)C(=O)N1CCC2(CCC(N3CCC(c4cnc(C(C)C)nc4)CC3)CC2)CC1. The molecule has 4 rings (SSSR count). The maximum Gasteiger partial charge on any atom is 0.225 e. The van der Waals surface area contributed by atoms with Crippen molar-refractivity contribution in [1.82, 2.24) is 19.8 Å². The number of carbonyl (C=O) groups is 1. The lowest BCUT2D eigenvalue weighted by molar-refractivity contribution is -0.137. The average Bonchev–Trinajstić information content (AvgIpc) is 2.80. The second kappa shape index (κ2) is 9.56. The Morgan fingerprint density at radius 3 is 2.00 bits per heavy atom. The van der Waals surface area contributed by atoms with Gasteiger partial charge in [-0.3, -0.25) is 4.79 Å². The van der Waals surface area contributed by atoms with E-state index >= 15 is 0 Å². The van der Waals surface area contributed by atoms with E-state index in [0.717, 1.165) is 25.0 Å². The lowest BCUT2D eigenvalue weighted by atomic mass is 9.66. The molecule has 0 aromatic carbocycles. The van der Waals surface area contributed by atoms with Crippen LogP contribution in [0.4, 0.5) is 0 Å². The number of piperidine rings is 2. The summed E-state index contributed by atoms with van der Waals surface area (Å²) < 4.78 is 0. The van der Waals surface area contributed by atoms with Gasteiger partial charge in [-0.1, -0.05) is 27.7 Å². The summed E-state index contributed by atoms with van der Waals surface area (Å²) in [4.78, 5) is 26.4. The van der Waals surface area contributed by atoms with E-state index < -0.39 is 0 Å². The van der Waals surface area contributed by atoms with E-state index in [1.807, 2.05) is 13.8 Å². The van der Waals surface area contributed by atoms with E-state index in [2.05, 4.69) is 46.0 Å². The van der Waals surface area contributed by atoms with Crippen LogP contribution in [0.5, 0.6) is 0 Å². The number of nitrogens with zero attached hydrogens (tertiary/aromatic N) is 4. The Labute approximate surface area is 189 Å². The van der Waals surface area contributed by atoms with Crippen LogP contribution in [-0.4, -0.2) is 57.9 Å². The van der Waals surface area contributed by atoms with Crippen molar-refractivity contribution in [1.29, 1.82) is 0 Å². The molecule has 172 valence electrons. The minimum Gasteiger partial charge on any atom is -0.342 e. The molecule has 1 saturated carbocycles. The molecule has 0 unspecified atom stereocenters. The maximum atomic E-state index is 12.3. The van der Waals surface area contributed by atoms with Crippen LogP contribution >= 0.6 is 0 Å². The number of amides is 1. The van der Waals surface area contributed by atoms with E-state index in [0.29, 0.717) is 23.2 Å². The van der Waals surface area contributed by atoms with Gasteiger partial charge in [0.05, 0.1) is 0 Å². The summed E-state index contributed by atoms with van der Waals surface area (Å²) in [5, 5.41) is 0. The van der Waals surface area contributed by atoms with E-state index in [4.69, 9.17) is 0 Å². The Hall–Kier alpha value is -1.49. The second-order valence-electron chi connectivity index (χ2n) is 11.1. The summed E-state index contributed by atoms with van der Waals surface area (Å²) in [7, 11) is 0. The van der Waals surface area contributed by atoms with Gasteiger partial charge in [-0.2, -0.15) is 0 Å². The Morgan fingerprint density at radius 1 is 0.903 bits per heavy atom. The van der Waals surface area contributed by atoms with Crippen molar-refractivity contribution >= 4 is 5.91 Å². The van der Waals surface area contributed by atoms with Crippen molar-refractivity contribution < 1.29 is 4.79 Å². The molecule has 31 heavy (non-hydrogen) atoms. The minimum absolute atomic E-state index is 0.132. The molecule has 2 aliphatic heterocycles. The van der Waals surface area contributed by atoms with E-state index in [9.17, 15) is 4.79 Å². The number of hydrogen-bond donors (Lipinski definition) is 0. The Kier molecular flexibility index (Phi) is 7.00. The van der Waals surface area contributed by atoms with Crippen molar-refractivity contribution in [3.63, 3.8) is 0 Å². The van der Waals surface area contributed by atoms with Gasteiger partial charge < -0.3 is 9.80 Å². The number of carbonyl (C=O) groups excluding carboxylic acids is 1. The van der Waals surface area contributed by atoms with Gasteiger partial charge in [0.2, 0.25) is 5.91 Å². The van der Waals surface area contributed by atoms with Gasteiger partial charge in [-0.05, 0) is 81.4 Å². The summed E-state index contributed by atoms with van der Waals surface area (Å²) in [6.45, 7) is 12.7. The summed E-state index contributed by atoms with van der Waals surface area (Å²) in [6.07, 6.45) is 14.4. The Balaban J connectivity index is 1.23. The molecule has 3 fully saturated rings. The monoisotopic (exact) mass is 426 g/mol. The van der Waals surface area contributed by atoms with Crippen LogP contribution in [0, 0.1) is 11.3 Å². The van der Waals surface area contributed by atoms with Crippen LogP contribution in [0.1, 0.15) is 102 Å². The molecule has 3 aliphatic rings. The number of likely N-dealkylation sites (tertiary alicyclic amines) is 2. The number of rotatable bonds is 4. The third kappa shape index (κ3) is 5.13. The molecule has 5 heteroatoms. The molecule has 2 saturated heterocycles. The van der Waals surface area contributed by atoms with Crippen LogP contribution in [0.3, 0.4) is 0 Å². The average molecular weight is 427 g/mol. The van der Waals surface area contributed by atoms with Crippen molar-refractivity contribution in [2.75, 3.05) is 26.2 Å². The first-order valence-electron chi connectivity index (χ1n) is 12.7. The van der Waals surface area contributed by atoms with Gasteiger partial charge in [0.1, 0.15) is 5.82 Å². The fourth-order valence-electron chi connectivity index (χ4n) is 6.10. The molecule has 0 atom stereocenters. The zero-order valence-corrected chi connectivity index (χ0v) is 20.1. The zero-order chi connectivity index (χ0) is 22.0. The molecule has 0 N–H and O–H groups in total. The fraction of sp³-hybridized carbons (Fsp3) is 0.808. The van der Waals surface area contributed by atoms with Gasteiger partial charge in [0.15, 0.2) is 0 Å². The Bertz CT molecular complexity index is 718. The van der Waals surface area contributed by atoms with E-state index in [1.54, 1.807) is 0 Å². The highest BCUT2D eigenvalue weighted by molar-refractivity contribution is 5.78. The number of aromatic nitrogens is 2. The van der Waals surface area contributed by atoms with Gasteiger partial charge >= 0.3 is 0 Å². The van der Waals surface area contributed by atoms with Crippen LogP contribution < -0.4 is 0 Å². The molecule has 0 radical (unpaired) electrons. The molecule has 1 aromatic rings. The zero-order valence-electron chi connectivity index (χ0n) is 20.1. The van der Waals surface area contributed by atoms with Gasteiger partial charge in [-0.15, -0.1) is 0 Å². The molecule has 1 aromatic heterocycles. The van der Waals surface area contributed by atoms with Crippen molar-refractivity contribution in [2.45, 2.75) is 96.9 Å². The summed E-state index contributed by atoms with van der Waals surface area (Å²) in [5.41, 5.74) is 1.84. The molecule has 0 bridgehead atoms. The maximum absolute atomic E-state index is 12.3. The van der Waals surface area contributed by atoms with Crippen molar-refractivity contribution in [3.8, 4) is 0 Å². The predicted molar refractivity (Wildman–Crippen MR) is 125 cm³/mol. The lowest BCUT2D eigenvalue weighted by Gasteiger charge is -2.49. The van der Waals surface area contributed by atoms with Gasteiger partial charge in [0.25, 0.3) is 0 Å². The predicted octanol–water partition coefficient (Wildman–Crippen LogP) is 4.99. The van der Waals surface area contributed by atoms with Gasteiger partial charge in [-0.25, -0.2) is 9.97 Å². The molecular formula is C26H42N4O. The summed E-state index contributed by atoms with van der Waals surface area (Å²) in [5.74, 6) is 2.45. The van der Waals surface area contributed by atoms with E-state index in [1.165, 1.54) is 70.0 Å². The largest absolute Gasteiger partial charge is 0.342 e. The van der Waals surface area contributed by atoms with Crippen LogP contribution in [0.15, 0.2) is 12.4 Å². The first-order chi connectivity index (χ1) is 14.9. The highest BCUT2D eigenvalue weighted by Gasteiger charge is 2.40. The standard InChI is InChI=1S/C26H42N4O/c1-19(2)24-27-17-22(18-28-24)21-7-13-29(14-8-21)23-5-9-26(10-6-23)11-15-30(16-12-26)25(31)20(3)4/h17-21,23H,5-16H2,1-4H3. The molecule has 3 heterocycles. The smallest absolute Gasteiger partial charge is 0.225 e. The molecule has 1 amide bonds. The summed E-state index contributed by atoms with van der Waals surface area (Å²) in [6, 6.07) is 0.765. The third-order valence-corrected chi connectivity index (χ3v) is 8.37. The third-order valence-electron chi connectivity index (χ3n) is 8.37. The van der Waals surface area contributed by atoms with Crippen molar-refractivity contribution in [3.05, 3.63) is 23.8 Å². The second-order valence-corrected chi connectivity index (χ2v) is 11.1. The highest BCUT2D eigenvalue weighted by atomic mass is 16.2. The molecule has 5 nitrogen and oxygen atoms in total. The topological polar surface area (TPSA) is 49.3 Å². The lowest BCUT2D eigenvalue weighted by Crippen LogP contribution is -2.49. The summed E-state index contributed by atoms with van der Waals surface area (Å²) >= 11 is 0. The number of hydrogen-bond acceptors (Lipinski definition) is 4. The van der Waals surface area contributed by atoms with Crippen LogP contribution in [-0.2, 0) is 4.79 Å². The Morgan fingerprint density at radius 2 is 1.48 bits per heavy atom. The van der Waals surface area contributed by atoms with Gasteiger partial charge in [0, 0.05) is 43.4 Å². The molecule has 1 spiro atoms. The van der Waals surface area contributed by atoms with Crippen LogP contribution in [0.25, 0.3) is 0 Å². The quantitative estimate of drug-likeness (QED) is 0.681. The van der Waals surface area contributed by atoms with E-state index in [-0.39, 0.29) is 5.92 Å². The highest BCUT2D eigenvalue weighted by Crippen LogP contribution is 2.46. The minimum atomic E-state index is 0.132. The van der Waals surface area contributed by atoms with Crippen LogP contribution in [0.2, 0.25) is 0 Å². The normalized spacial score (nSPS) is 23.7. The first kappa shape index (κ1) is 22.7. The van der Waals surface area contributed by atoms with Crippen molar-refractivity contribution in [2.24, 2.45) is 11.3 Å². The fourth-order valence-corrected chi connectivity index (χ4v) is 6.10. The molecule has 1 aliphatic carbocycles. The molecular weight excluding hydrogens is 384 g/mol.